The molecule has 0 aliphatic rings. The van der Waals surface area contributed by atoms with Gasteiger partial charge in [-0.3, -0.25) is 4.79 Å². The molecule has 0 atom stereocenters. The van der Waals surface area contributed by atoms with Crippen molar-refractivity contribution >= 4 is 69.8 Å². The third-order valence-corrected chi connectivity index (χ3v) is 7.07. The minimum atomic E-state index is -0.394. The number of terminal acetylenes is 1. The summed E-state index contributed by atoms with van der Waals surface area (Å²) in [5, 5.41) is 8.18. The molecule has 1 heterocycles. The first-order valence-electron chi connectivity index (χ1n) is 11.2. The Morgan fingerprint density at radius 2 is 1.50 bits per heavy atom. The van der Waals surface area contributed by atoms with Crippen molar-refractivity contribution in [3.05, 3.63) is 89.6 Å². The van der Waals surface area contributed by atoms with Gasteiger partial charge in [0.2, 0.25) is 0 Å². The van der Waals surface area contributed by atoms with Crippen molar-refractivity contribution in [2.24, 2.45) is 0 Å². The second kappa shape index (κ2) is 10.5. The van der Waals surface area contributed by atoms with Crippen molar-refractivity contribution < 1.29 is 14.3 Å². The Bertz CT molecular complexity index is 1840. The average molecular weight is 493 g/mol. The Hall–Kier alpha value is -4.40. The molecule has 36 heavy (non-hydrogen) atoms. The highest BCUT2D eigenvalue weighted by molar-refractivity contribution is 7.25. The van der Waals surface area contributed by atoms with Gasteiger partial charge in [0.1, 0.15) is 5.75 Å². The van der Waals surface area contributed by atoms with Crippen molar-refractivity contribution in [3.8, 4) is 18.1 Å². The summed E-state index contributed by atoms with van der Waals surface area (Å²) in [5.74, 6) is 2.72. The fourth-order valence-corrected chi connectivity index (χ4v) is 5.63. The quantitative estimate of drug-likeness (QED) is 0.0836. The van der Waals surface area contributed by atoms with Gasteiger partial charge in [-0.25, -0.2) is 4.79 Å². The van der Waals surface area contributed by atoms with Crippen LogP contribution in [0.4, 0.5) is 0 Å². The van der Waals surface area contributed by atoms with Gasteiger partial charge in [-0.05, 0) is 46.7 Å². The molecule has 0 saturated carbocycles. The van der Waals surface area contributed by atoms with Gasteiger partial charge in [0.05, 0.1) is 18.9 Å². The van der Waals surface area contributed by atoms with Gasteiger partial charge in [-0.1, -0.05) is 55.1 Å². The van der Waals surface area contributed by atoms with E-state index in [4.69, 9.17) is 4.74 Å². The third kappa shape index (κ3) is 4.13. The van der Waals surface area contributed by atoms with E-state index in [1.165, 1.54) is 22.6 Å². The standard InChI is InChI=1S/C24H14O2S.C4H6O2.C3H4/c1-26-19-12-18-13-6-2-3-8-16(13)23(25)17-11-10-15-14-7-4-5-9-20(14)27-24(19)22(15)21(17)18;1-3-4(5)6-2;1-3-2/h2-12H,1H3;3H,1H2,2H3;1H,2H3. The molecule has 0 saturated heterocycles. The number of benzene rings is 5. The number of esters is 1. The summed E-state index contributed by atoms with van der Waals surface area (Å²) in [6.45, 7) is 4.81. The second-order valence-corrected chi connectivity index (χ2v) is 8.91. The highest BCUT2D eigenvalue weighted by atomic mass is 32.1. The molecule has 6 aromatic rings. The van der Waals surface area contributed by atoms with Crippen LogP contribution in [-0.4, -0.2) is 20.2 Å². The van der Waals surface area contributed by atoms with Crippen LogP contribution >= 0.6 is 11.3 Å². The Balaban J connectivity index is 0.000000295. The molecule has 0 aliphatic carbocycles. The van der Waals surface area contributed by atoms with E-state index in [9.17, 15) is 9.59 Å². The van der Waals surface area contributed by atoms with Crippen LogP contribution < -0.4 is 10.2 Å². The van der Waals surface area contributed by atoms with Crippen molar-refractivity contribution in [1.29, 1.82) is 0 Å². The van der Waals surface area contributed by atoms with Gasteiger partial charge in [0, 0.05) is 32.3 Å². The van der Waals surface area contributed by atoms with Gasteiger partial charge in [0.25, 0.3) is 0 Å². The maximum atomic E-state index is 13.2. The zero-order chi connectivity index (χ0) is 25.8. The summed E-state index contributed by atoms with van der Waals surface area (Å²) in [6.07, 6.45) is 5.71. The van der Waals surface area contributed by atoms with Crippen LogP contribution in [0.3, 0.4) is 0 Å². The first-order chi connectivity index (χ1) is 17.5. The van der Waals surface area contributed by atoms with E-state index in [-0.39, 0.29) is 5.43 Å². The SMILES string of the molecule is C#CC.C=CC(=O)OC.COc1cc2c3ccccc3c(=O)c3ccc4c5ccccc5sc1c4c32. The molecular weight excluding hydrogens is 468 g/mol. The lowest BCUT2D eigenvalue weighted by Gasteiger charge is -2.16. The molecule has 0 spiro atoms. The lowest BCUT2D eigenvalue weighted by molar-refractivity contribution is -0.134. The molecule has 6 rings (SSSR count). The predicted octanol–water partition coefficient (Wildman–Crippen LogP) is 7.31. The molecule has 0 amide bonds. The van der Waals surface area contributed by atoms with Crippen LogP contribution in [0.15, 0.2) is 84.2 Å². The first kappa shape index (κ1) is 24.7. The van der Waals surface area contributed by atoms with E-state index in [0.29, 0.717) is 0 Å². The molecular formula is C31H24O4S. The van der Waals surface area contributed by atoms with E-state index >= 15 is 0 Å². The zero-order valence-corrected chi connectivity index (χ0v) is 21.1. The minimum Gasteiger partial charge on any atom is -0.495 e. The van der Waals surface area contributed by atoms with Crippen LogP contribution in [0.2, 0.25) is 0 Å². The Kier molecular flexibility index (Phi) is 7.19. The second-order valence-electron chi connectivity index (χ2n) is 7.86. The summed E-state index contributed by atoms with van der Waals surface area (Å²) >= 11 is 1.72. The summed E-state index contributed by atoms with van der Waals surface area (Å²) in [5.41, 5.74) is 0.102. The van der Waals surface area contributed by atoms with Crippen LogP contribution in [0, 0.1) is 12.3 Å². The molecule has 1 aromatic heterocycles. The monoisotopic (exact) mass is 492 g/mol. The first-order valence-corrected chi connectivity index (χ1v) is 12.0. The van der Waals surface area contributed by atoms with Crippen LogP contribution in [0.25, 0.3) is 52.5 Å². The maximum absolute atomic E-state index is 13.2. The highest BCUT2D eigenvalue weighted by Gasteiger charge is 2.19. The fourth-order valence-electron chi connectivity index (χ4n) is 4.42. The molecule has 0 unspecified atom stereocenters. The molecule has 4 nitrogen and oxygen atoms in total. The summed E-state index contributed by atoms with van der Waals surface area (Å²) in [4.78, 5) is 23.0. The Morgan fingerprint density at radius 1 is 0.889 bits per heavy atom. The number of carbonyl (C=O) groups excluding carboxylic acids is 1. The lowest BCUT2D eigenvalue weighted by Crippen LogP contribution is -2.03. The van der Waals surface area contributed by atoms with Crippen LogP contribution in [0.1, 0.15) is 6.92 Å². The molecule has 0 radical (unpaired) electrons. The molecule has 0 N–H and O–H groups in total. The number of carbonyl (C=O) groups is 1. The van der Waals surface area contributed by atoms with E-state index in [1.807, 2.05) is 30.3 Å². The summed E-state index contributed by atoms with van der Waals surface area (Å²) < 4.78 is 12.2. The zero-order valence-electron chi connectivity index (χ0n) is 20.3. The van der Waals surface area contributed by atoms with Crippen molar-refractivity contribution in [2.75, 3.05) is 14.2 Å². The van der Waals surface area contributed by atoms with Crippen molar-refractivity contribution in [3.63, 3.8) is 0 Å². The molecule has 0 bridgehead atoms. The van der Waals surface area contributed by atoms with Crippen LogP contribution in [-0.2, 0) is 9.53 Å². The maximum Gasteiger partial charge on any atom is 0.329 e. The van der Waals surface area contributed by atoms with Crippen molar-refractivity contribution in [1.82, 2.24) is 0 Å². The normalized spacial score (nSPS) is 10.4. The number of rotatable bonds is 2. The number of hydrogen-bond acceptors (Lipinski definition) is 5. The van der Waals surface area contributed by atoms with Gasteiger partial charge >= 0.3 is 5.97 Å². The fraction of sp³-hybridized carbons (Fsp3) is 0.0968. The smallest absolute Gasteiger partial charge is 0.329 e. The number of ether oxygens (including phenoxy) is 2. The molecule has 178 valence electrons. The number of fused-ring (bicyclic) bond motifs is 4. The lowest BCUT2D eigenvalue weighted by atomic mass is 9.92. The third-order valence-electron chi connectivity index (χ3n) is 5.88. The molecule has 5 heteroatoms. The topological polar surface area (TPSA) is 52.6 Å². The molecule has 0 fully saturated rings. The largest absolute Gasteiger partial charge is 0.495 e. The molecule has 0 aliphatic heterocycles. The summed E-state index contributed by atoms with van der Waals surface area (Å²) in [6, 6.07) is 22.5. The average Bonchev–Trinajstić information content (AvgIpc) is 2.93. The number of methoxy groups -OCH3 is 2. The predicted molar refractivity (Wildman–Crippen MR) is 153 cm³/mol. The van der Waals surface area contributed by atoms with Gasteiger partial charge in [-0.2, -0.15) is 0 Å². The number of hydrogen-bond donors (Lipinski definition) is 0. The van der Waals surface area contributed by atoms with Crippen LogP contribution in [0.5, 0.6) is 5.75 Å². The minimum absolute atomic E-state index is 0.102. The van der Waals surface area contributed by atoms with Gasteiger partial charge < -0.3 is 9.47 Å². The van der Waals surface area contributed by atoms with Gasteiger partial charge in [-0.15, -0.1) is 23.7 Å². The highest BCUT2D eigenvalue weighted by Crippen LogP contribution is 2.46. The van der Waals surface area contributed by atoms with Gasteiger partial charge in [0.15, 0.2) is 5.43 Å². The summed E-state index contributed by atoms with van der Waals surface area (Å²) in [7, 11) is 3.03. The van der Waals surface area contributed by atoms with Crippen molar-refractivity contribution in [2.45, 2.75) is 6.92 Å². The van der Waals surface area contributed by atoms with E-state index < -0.39 is 5.97 Å². The van der Waals surface area contributed by atoms with E-state index in [0.717, 1.165) is 48.8 Å². The molecule has 5 aromatic carbocycles. The Labute approximate surface area is 212 Å². The Morgan fingerprint density at radius 3 is 2.11 bits per heavy atom. The van der Waals surface area contributed by atoms with E-state index in [1.54, 1.807) is 25.4 Å². The van der Waals surface area contributed by atoms with E-state index in [2.05, 4.69) is 60.1 Å².